The van der Waals surface area contributed by atoms with Crippen molar-refractivity contribution in [2.24, 2.45) is 5.92 Å². The summed E-state index contributed by atoms with van der Waals surface area (Å²) in [5.74, 6) is 0.786. The van der Waals surface area contributed by atoms with Crippen LogP contribution in [0.3, 0.4) is 0 Å². The first-order valence-corrected chi connectivity index (χ1v) is 25.2. The molecule has 336 valence electrons. The van der Waals surface area contributed by atoms with Crippen LogP contribution in [0.2, 0.25) is 0 Å². The molecule has 4 aromatic heterocycles. The molecule has 3 unspecified atom stereocenters. The highest BCUT2D eigenvalue weighted by atomic mass is 32.1. The highest BCUT2D eigenvalue weighted by Crippen LogP contribution is 2.49. The lowest BCUT2D eigenvalue weighted by Gasteiger charge is -2.34. The molecule has 1 saturated heterocycles. The van der Waals surface area contributed by atoms with E-state index in [2.05, 4.69) is 87.9 Å². The van der Waals surface area contributed by atoms with E-state index in [9.17, 15) is 14.7 Å². The molecular formula is C54H61N7O3S. The summed E-state index contributed by atoms with van der Waals surface area (Å²) < 4.78 is 2.58. The number of benzene rings is 3. The molecule has 6 heterocycles. The number of para-hydroxylation sites is 1. The van der Waals surface area contributed by atoms with E-state index in [1.165, 1.54) is 107 Å². The molecule has 3 aromatic carbocycles. The fraction of sp³-hybridized carbons (Fsp3) is 0.444. The number of hydrogen-bond acceptors (Lipinski definition) is 7. The third-order valence-corrected chi connectivity index (χ3v) is 16.5. The Hall–Kier alpha value is -5.52. The summed E-state index contributed by atoms with van der Waals surface area (Å²) in [4.78, 5) is 48.0. The number of carbonyl (C=O) groups excluding carboxylic acids is 1. The predicted molar refractivity (Wildman–Crippen MR) is 264 cm³/mol. The van der Waals surface area contributed by atoms with Crippen LogP contribution in [0.15, 0.2) is 66.7 Å². The summed E-state index contributed by atoms with van der Waals surface area (Å²) in [6, 6.07) is 23.1. The Morgan fingerprint density at radius 3 is 2.54 bits per heavy atom. The number of hydrogen-bond donors (Lipinski definition) is 3. The Labute approximate surface area is 385 Å². The van der Waals surface area contributed by atoms with Gasteiger partial charge in [0.1, 0.15) is 11.3 Å². The third kappa shape index (κ3) is 7.72. The van der Waals surface area contributed by atoms with Gasteiger partial charge in [-0.2, -0.15) is 0 Å². The van der Waals surface area contributed by atoms with Crippen molar-refractivity contribution in [1.29, 1.82) is 0 Å². The van der Waals surface area contributed by atoms with Crippen LogP contribution in [-0.2, 0) is 6.54 Å². The molecule has 65 heavy (non-hydrogen) atoms. The number of imidazole rings is 1. The van der Waals surface area contributed by atoms with Gasteiger partial charge in [-0.05, 0) is 144 Å². The van der Waals surface area contributed by atoms with Gasteiger partial charge in [-0.15, -0.1) is 11.3 Å². The minimum absolute atomic E-state index is 0.0286. The molecule has 0 spiro atoms. The minimum Gasteiger partial charge on any atom is -0.478 e. The van der Waals surface area contributed by atoms with Crippen LogP contribution in [0.1, 0.15) is 131 Å². The number of piperidine rings is 1. The van der Waals surface area contributed by atoms with Crippen molar-refractivity contribution >= 4 is 61.7 Å². The number of thiophene rings is 1. The van der Waals surface area contributed by atoms with Gasteiger partial charge in [-0.25, -0.2) is 14.8 Å². The first kappa shape index (κ1) is 42.1. The number of nitrogens with zero attached hydrogens (tertiary/aromatic N) is 5. The summed E-state index contributed by atoms with van der Waals surface area (Å²) in [5, 5.41) is 15.7. The Morgan fingerprint density at radius 2 is 1.72 bits per heavy atom. The normalized spacial score (nSPS) is 20.7. The van der Waals surface area contributed by atoms with Gasteiger partial charge in [0, 0.05) is 80.9 Å². The average molecular weight is 888 g/mol. The van der Waals surface area contributed by atoms with Gasteiger partial charge in [0.15, 0.2) is 0 Å². The maximum absolute atomic E-state index is 14.5. The second-order valence-corrected chi connectivity index (χ2v) is 20.9. The SMILES string of the molecule is CCN1CCCC(CCN2CCn3c(c(C4CCCCC4)c4ccc(C(=O)NC5CCCC5c5nc6c(C(=O)O)cccc6[nH]5)cc43)-c3ccc4nc(-c5cc(C)sc5C)ccc4c32)C1. The van der Waals surface area contributed by atoms with Crippen molar-refractivity contribution in [1.82, 2.24) is 29.7 Å². The Bertz CT molecular complexity index is 2960. The summed E-state index contributed by atoms with van der Waals surface area (Å²) in [6.07, 6.45) is 12.5. The number of carbonyl (C=O) groups is 2. The second-order valence-electron chi connectivity index (χ2n) is 19.5. The number of carboxylic acid groups (broad SMARTS) is 1. The largest absolute Gasteiger partial charge is 0.478 e. The van der Waals surface area contributed by atoms with Gasteiger partial charge in [0.05, 0.1) is 33.7 Å². The van der Waals surface area contributed by atoms with E-state index in [1.54, 1.807) is 12.1 Å². The topological polar surface area (TPSA) is 119 Å². The summed E-state index contributed by atoms with van der Waals surface area (Å²) in [7, 11) is 0. The molecule has 11 rings (SSSR count). The number of likely N-dealkylation sites (tertiary alicyclic amines) is 1. The van der Waals surface area contributed by atoms with Crippen LogP contribution < -0.4 is 10.2 Å². The second kappa shape index (κ2) is 17.4. The Balaban J connectivity index is 0.990. The first-order chi connectivity index (χ1) is 31.7. The van der Waals surface area contributed by atoms with Crippen LogP contribution >= 0.6 is 11.3 Å². The number of nitrogens with one attached hydrogen (secondary N) is 2. The van der Waals surface area contributed by atoms with Crippen molar-refractivity contribution in [3.63, 3.8) is 0 Å². The van der Waals surface area contributed by atoms with Gasteiger partial charge in [-0.3, -0.25) is 4.79 Å². The number of aromatic nitrogens is 4. The van der Waals surface area contributed by atoms with Crippen LogP contribution in [-0.4, -0.2) is 80.2 Å². The lowest BCUT2D eigenvalue weighted by atomic mass is 9.81. The minimum atomic E-state index is -0.992. The third-order valence-electron chi connectivity index (χ3n) is 15.5. The highest BCUT2D eigenvalue weighted by Gasteiger charge is 2.35. The summed E-state index contributed by atoms with van der Waals surface area (Å²) in [6.45, 7) is 12.9. The molecule has 4 aliphatic rings. The number of aromatic carboxylic acids is 1. The van der Waals surface area contributed by atoms with Gasteiger partial charge >= 0.3 is 5.97 Å². The van der Waals surface area contributed by atoms with Crippen molar-refractivity contribution in [3.8, 4) is 22.5 Å². The van der Waals surface area contributed by atoms with Gasteiger partial charge < -0.3 is 29.8 Å². The van der Waals surface area contributed by atoms with E-state index in [0.717, 1.165) is 74.4 Å². The van der Waals surface area contributed by atoms with Crippen LogP contribution in [0.4, 0.5) is 5.69 Å². The molecule has 10 nitrogen and oxygen atoms in total. The number of pyridine rings is 1. The van der Waals surface area contributed by atoms with Crippen LogP contribution in [0, 0.1) is 19.8 Å². The average Bonchev–Trinajstić information content (AvgIpc) is 4.10. The lowest BCUT2D eigenvalue weighted by molar-refractivity contribution is 0.0698. The number of carboxylic acids is 1. The summed E-state index contributed by atoms with van der Waals surface area (Å²) in [5.41, 5.74) is 11.9. The number of rotatable bonds is 10. The molecule has 0 bridgehead atoms. The number of aromatic amines is 1. The molecule has 0 radical (unpaired) electrons. The maximum Gasteiger partial charge on any atom is 0.337 e. The summed E-state index contributed by atoms with van der Waals surface area (Å²) >= 11 is 1.84. The van der Waals surface area contributed by atoms with E-state index in [0.29, 0.717) is 28.4 Å². The van der Waals surface area contributed by atoms with Gasteiger partial charge in [0.2, 0.25) is 0 Å². The van der Waals surface area contributed by atoms with E-state index in [4.69, 9.17) is 9.97 Å². The first-order valence-electron chi connectivity index (χ1n) is 24.4. The zero-order valence-electron chi connectivity index (χ0n) is 38.1. The standard InChI is InChI=1S/C54H61N7O3S/c1-4-59-25-10-11-34(31-59)24-26-60-27-28-61-47-30-36(53(62)57-43-16-8-14-38(43)52-56-46-17-9-15-40(54(63)64)49(46)58-52)18-19-39(47)48(35-12-6-5-7-13-35)51(61)41-21-23-44-37(50(41)60)20-22-45(55-44)42-29-32(2)65-33(42)3/h9,15,17-23,29-30,34-35,38,43H,4-8,10-14,16,24-28,31H2,1-3H3,(H,56,58)(H,57,62)(H,63,64). The van der Waals surface area contributed by atoms with E-state index in [-0.39, 0.29) is 23.4 Å². The molecule has 2 aliphatic heterocycles. The van der Waals surface area contributed by atoms with Crippen molar-refractivity contribution in [3.05, 3.63) is 99.0 Å². The Kier molecular flexibility index (Phi) is 11.3. The molecule has 3 N–H and O–H groups in total. The number of fused-ring (bicyclic) bond motifs is 8. The van der Waals surface area contributed by atoms with E-state index in [1.807, 2.05) is 23.5 Å². The molecule has 2 saturated carbocycles. The number of H-pyrrole nitrogens is 1. The fourth-order valence-electron chi connectivity index (χ4n) is 12.3. The molecular weight excluding hydrogens is 827 g/mol. The predicted octanol–water partition coefficient (Wildman–Crippen LogP) is 11.8. The van der Waals surface area contributed by atoms with Gasteiger partial charge in [0.25, 0.3) is 5.91 Å². The smallest absolute Gasteiger partial charge is 0.337 e. The molecule has 7 aromatic rings. The number of anilines is 1. The van der Waals surface area contributed by atoms with Crippen LogP contribution in [0.5, 0.6) is 0 Å². The quantitative estimate of drug-likeness (QED) is 0.125. The lowest BCUT2D eigenvalue weighted by Crippen LogP contribution is -2.37. The zero-order chi connectivity index (χ0) is 44.3. The van der Waals surface area contributed by atoms with Crippen LogP contribution in [0.25, 0.3) is 55.4 Å². The molecule has 11 heteroatoms. The molecule has 3 fully saturated rings. The van der Waals surface area contributed by atoms with Crippen molar-refractivity contribution < 1.29 is 14.7 Å². The highest BCUT2D eigenvalue weighted by molar-refractivity contribution is 7.12. The monoisotopic (exact) mass is 887 g/mol. The molecule has 2 aliphatic carbocycles. The maximum atomic E-state index is 14.5. The van der Waals surface area contributed by atoms with Crippen molar-refractivity contribution in [2.75, 3.05) is 37.6 Å². The van der Waals surface area contributed by atoms with E-state index < -0.39 is 5.97 Å². The zero-order valence-corrected chi connectivity index (χ0v) is 38.9. The Morgan fingerprint density at radius 1 is 0.862 bits per heavy atom. The molecule has 1 amide bonds. The number of aryl methyl sites for hydroxylation is 2. The van der Waals surface area contributed by atoms with Crippen molar-refractivity contribution in [2.45, 2.75) is 116 Å². The number of amides is 1. The fourth-order valence-corrected chi connectivity index (χ4v) is 13.2. The van der Waals surface area contributed by atoms with Gasteiger partial charge in [-0.1, -0.05) is 44.7 Å². The molecule has 3 atom stereocenters. The van der Waals surface area contributed by atoms with E-state index >= 15 is 0 Å².